The summed E-state index contributed by atoms with van der Waals surface area (Å²) < 4.78 is 0. The van der Waals surface area contributed by atoms with Gasteiger partial charge in [-0.2, -0.15) is 5.10 Å². The minimum absolute atomic E-state index is 0. The summed E-state index contributed by atoms with van der Waals surface area (Å²) in [6.45, 7) is 7.09. The summed E-state index contributed by atoms with van der Waals surface area (Å²) in [5.41, 5.74) is 11.7. The molecule has 2 aromatic heterocycles. The number of fused-ring (bicyclic) bond motifs is 1. The smallest absolute Gasteiger partial charge is 0.155 e. The maximum atomic E-state index is 6.13. The number of nitrogens with zero attached hydrogens (tertiary/aromatic N) is 2. The van der Waals surface area contributed by atoms with E-state index < -0.39 is 0 Å². The first-order valence-electron chi connectivity index (χ1n) is 8.26. The molecule has 0 saturated heterocycles. The first-order chi connectivity index (χ1) is 11.5. The van der Waals surface area contributed by atoms with Crippen molar-refractivity contribution in [2.24, 2.45) is 5.73 Å². The number of H-pyrrole nitrogens is 1. The molecule has 4 heteroatoms. The van der Waals surface area contributed by atoms with Crippen LogP contribution < -0.4 is 5.73 Å². The number of nitrogens with two attached hydrogens (primary N) is 1. The van der Waals surface area contributed by atoms with Crippen LogP contribution in [-0.2, 0) is 5.41 Å². The van der Waals surface area contributed by atoms with Crippen molar-refractivity contribution in [2.45, 2.75) is 32.6 Å². The van der Waals surface area contributed by atoms with Crippen LogP contribution in [0.1, 0.15) is 35.6 Å². The Labute approximate surface area is 145 Å². The van der Waals surface area contributed by atoms with E-state index in [2.05, 4.69) is 66.3 Å². The molecule has 0 spiro atoms. The predicted octanol–water partition coefficient (Wildman–Crippen LogP) is 4.69. The molecule has 3 N–H and O–H groups in total. The fourth-order valence-electron chi connectivity index (χ4n) is 2.91. The van der Waals surface area contributed by atoms with E-state index in [0.29, 0.717) is 6.54 Å². The molecule has 0 fully saturated rings. The second-order valence-corrected chi connectivity index (χ2v) is 6.82. The molecule has 1 unspecified atom stereocenters. The third kappa shape index (κ3) is 3.10. The number of hydrogen-bond donors (Lipinski definition) is 2. The molecule has 0 amide bonds. The van der Waals surface area contributed by atoms with Crippen molar-refractivity contribution in [3.63, 3.8) is 0 Å². The minimum Gasteiger partial charge on any atom is -0.330 e. The van der Waals surface area contributed by atoms with Crippen LogP contribution in [0.5, 0.6) is 0 Å². The molecule has 1 atom stereocenters. The quantitative estimate of drug-likeness (QED) is 0.669. The van der Waals surface area contributed by atoms with Crippen molar-refractivity contribution in [2.75, 3.05) is 6.54 Å². The Morgan fingerprint density at radius 3 is 2.92 bits per heavy atom. The molecule has 2 heterocycles. The molecule has 0 radical (unpaired) electrons. The monoisotopic (exact) mass is 324 g/mol. The Bertz CT molecular complexity index is 884. The standard InChI is InChI=1S/C20H24N4.2H2/c1-14(2)7-9-20(3,13-21)16-6-4-5-15(11-16)17-8-10-22-19-18(17)12-23-24-19;;/h4-8,10-12H,9,13,21H2,1-3H3,(H,22,23,24);2*1H. The molecule has 0 aliphatic heterocycles. The van der Waals surface area contributed by atoms with Crippen LogP contribution in [0.25, 0.3) is 22.2 Å². The van der Waals surface area contributed by atoms with Gasteiger partial charge in [0.25, 0.3) is 0 Å². The third-order valence-electron chi connectivity index (χ3n) is 4.64. The maximum absolute atomic E-state index is 6.13. The van der Waals surface area contributed by atoms with Crippen LogP contribution >= 0.6 is 0 Å². The zero-order valence-electron chi connectivity index (χ0n) is 14.5. The summed E-state index contributed by atoms with van der Waals surface area (Å²) in [5, 5.41) is 8.07. The highest BCUT2D eigenvalue weighted by Crippen LogP contribution is 2.33. The first kappa shape index (κ1) is 16.4. The van der Waals surface area contributed by atoms with Gasteiger partial charge in [0.15, 0.2) is 5.65 Å². The SMILES string of the molecule is CC(C)=CCC(C)(CN)c1cccc(-c2ccnc3[nH]ncc23)c1.[HH].[HH]. The molecule has 0 aliphatic rings. The van der Waals surface area contributed by atoms with Gasteiger partial charge in [-0.15, -0.1) is 0 Å². The Hall–Kier alpha value is -2.46. The third-order valence-corrected chi connectivity index (χ3v) is 4.64. The second kappa shape index (κ2) is 6.57. The van der Waals surface area contributed by atoms with Crippen LogP contribution in [0, 0.1) is 0 Å². The molecule has 3 aromatic rings. The van der Waals surface area contributed by atoms with Crippen LogP contribution in [0.2, 0.25) is 0 Å². The summed E-state index contributed by atoms with van der Waals surface area (Å²) in [4.78, 5) is 4.32. The Balaban J connectivity index is 0.00000169. The van der Waals surface area contributed by atoms with E-state index in [-0.39, 0.29) is 8.27 Å². The van der Waals surface area contributed by atoms with E-state index in [1.807, 2.05) is 18.5 Å². The van der Waals surface area contributed by atoms with Crippen LogP contribution in [0.15, 0.2) is 54.4 Å². The largest absolute Gasteiger partial charge is 0.330 e. The van der Waals surface area contributed by atoms with Gasteiger partial charge >= 0.3 is 0 Å². The molecule has 128 valence electrons. The van der Waals surface area contributed by atoms with Gasteiger partial charge in [0.05, 0.1) is 6.20 Å². The molecule has 0 bridgehead atoms. The number of pyridine rings is 1. The maximum Gasteiger partial charge on any atom is 0.155 e. The molecular weight excluding hydrogens is 296 g/mol. The Morgan fingerprint density at radius 2 is 2.17 bits per heavy atom. The fraction of sp³-hybridized carbons (Fsp3) is 0.300. The number of hydrogen-bond acceptors (Lipinski definition) is 3. The van der Waals surface area contributed by atoms with Crippen molar-refractivity contribution >= 4 is 11.0 Å². The highest BCUT2D eigenvalue weighted by atomic mass is 15.1. The van der Waals surface area contributed by atoms with E-state index in [0.717, 1.165) is 28.6 Å². The van der Waals surface area contributed by atoms with E-state index in [1.54, 1.807) is 0 Å². The van der Waals surface area contributed by atoms with E-state index >= 15 is 0 Å². The summed E-state index contributed by atoms with van der Waals surface area (Å²) >= 11 is 0. The molecular formula is C20H28N4. The molecule has 24 heavy (non-hydrogen) atoms. The summed E-state index contributed by atoms with van der Waals surface area (Å²) in [6, 6.07) is 10.7. The van der Waals surface area contributed by atoms with Crippen molar-refractivity contribution in [1.29, 1.82) is 0 Å². The average Bonchev–Trinajstić information content (AvgIpc) is 3.08. The van der Waals surface area contributed by atoms with Gasteiger partial charge in [-0.3, -0.25) is 5.10 Å². The molecule has 3 rings (SSSR count). The summed E-state index contributed by atoms with van der Waals surface area (Å²) in [7, 11) is 0. The lowest BCUT2D eigenvalue weighted by atomic mass is 9.78. The lowest BCUT2D eigenvalue weighted by Crippen LogP contribution is -2.31. The van der Waals surface area contributed by atoms with Crippen molar-refractivity contribution in [3.8, 4) is 11.1 Å². The normalized spacial score (nSPS) is 13.7. The van der Waals surface area contributed by atoms with Crippen molar-refractivity contribution < 1.29 is 2.85 Å². The first-order valence-corrected chi connectivity index (χ1v) is 8.26. The van der Waals surface area contributed by atoms with Gasteiger partial charge in [0.2, 0.25) is 0 Å². The number of allylic oxidation sites excluding steroid dienone is 2. The summed E-state index contributed by atoms with van der Waals surface area (Å²) in [6.07, 6.45) is 6.84. The van der Waals surface area contributed by atoms with Crippen LogP contribution in [-0.4, -0.2) is 21.7 Å². The number of rotatable bonds is 5. The average molecular weight is 324 g/mol. The Kier molecular flexibility index (Phi) is 4.49. The fourth-order valence-corrected chi connectivity index (χ4v) is 2.91. The van der Waals surface area contributed by atoms with E-state index in [1.165, 1.54) is 11.1 Å². The van der Waals surface area contributed by atoms with Crippen LogP contribution in [0.4, 0.5) is 0 Å². The highest BCUT2D eigenvalue weighted by molar-refractivity contribution is 5.92. The second-order valence-electron chi connectivity index (χ2n) is 6.82. The molecule has 0 aliphatic carbocycles. The van der Waals surface area contributed by atoms with E-state index in [9.17, 15) is 0 Å². The van der Waals surface area contributed by atoms with Gasteiger partial charge in [0, 0.05) is 26.4 Å². The Morgan fingerprint density at radius 1 is 1.33 bits per heavy atom. The van der Waals surface area contributed by atoms with Crippen molar-refractivity contribution in [3.05, 3.63) is 59.9 Å². The topological polar surface area (TPSA) is 67.6 Å². The number of benzene rings is 1. The molecule has 1 aromatic carbocycles. The number of aromatic amines is 1. The van der Waals surface area contributed by atoms with Gasteiger partial charge in [-0.05, 0) is 43.0 Å². The lowest BCUT2D eigenvalue weighted by Gasteiger charge is -2.28. The lowest BCUT2D eigenvalue weighted by molar-refractivity contribution is 0.490. The van der Waals surface area contributed by atoms with Gasteiger partial charge in [-0.25, -0.2) is 4.98 Å². The van der Waals surface area contributed by atoms with Gasteiger partial charge < -0.3 is 5.73 Å². The van der Waals surface area contributed by atoms with Crippen LogP contribution in [0.3, 0.4) is 0 Å². The van der Waals surface area contributed by atoms with Gasteiger partial charge in [0.1, 0.15) is 0 Å². The predicted molar refractivity (Wildman–Crippen MR) is 104 cm³/mol. The molecule has 0 saturated carbocycles. The molecule has 4 nitrogen and oxygen atoms in total. The minimum atomic E-state index is -0.0736. The zero-order valence-corrected chi connectivity index (χ0v) is 14.5. The zero-order chi connectivity index (χ0) is 17.2. The number of nitrogens with one attached hydrogen (secondary N) is 1. The van der Waals surface area contributed by atoms with Gasteiger partial charge in [-0.1, -0.05) is 42.8 Å². The van der Waals surface area contributed by atoms with Crippen molar-refractivity contribution in [1.82, 2.24) is 15.2 Å². The van der Waals surface area contributed by atoms with E-state index in [4.69, 9.17) is 5.73 Å². The summed E-state index contributed by atoms with van der Waals surface area (Å²) in [5.74, 6) is 0. The number of aromatic nitrogens is 3. The highest BCUT2D eigenvalue weighted by Gasteiger charge is 2.24.